The van der Waals surface area contributed by atoms with Crippen LogP contribution in [0.3, 0.4) is 0 Å². The highest BCUT2D eigenvalue weighted by atomic mass is 15.0. The molecule has 1 aromatic heterocycles. The third kappa shape index (κ3) is 4.57. The lowest BCUT2D eigenvalue weighted by Crippen LogP contribution is -2.29. The van der Waals surface area contributed by atoms with Gasteiger partial charge in [-0.2, -0.15) is 0 Å². The molecule has 0 saturated carbocycles. The summed E-state index contributed by atoms with van der Waals surface area (Å²) in [5.74, 6) is 0. The monoisotopic (exact) mass is 383 g/mol. The average Bonchev–Trinajstić information content (AvgIpc) is 3.31. The van der Waals surface area contributed by atoms with Crippen LogP contribution in [-0.4, -0.2) is 15.6 Å². The number of aryl methyl sites for hydroxylation is 3. The van der Waals surface area contributed by atoms with E-state index < -0.39 is 0 Å². The Balaban J connectivity index is 0.000000171. The van der Waals surface area contributed by atoms with Crippen molar-refractivity contribution >= 4 is 11.0 Å². The first-order chi connectivity index (χ1) is 14.1. The number of aromatic nitrogens is 2. The Hall–Kier alpha value is -2.91. The highest BCUT2D eigenvalue weighted by Gasteiger charge is 2.20. The van der Waals surface area contributed by atoms with Gasteiger partial charge in [-0.15, -0.1) is 0 Å². The molecule has 0 bridgehead atoms. The molecule has 0 spiro atoms. The van der Waals surface area contributed by atoms with Crippen molar-refractivity contribution < 1.29 is 0 Å². The van der Waals surface area contributed by atoms with Crippen molar-refractivity contribution in [2.45, 2.75) is 39.3 Å². The second kappa shape index (κ2) is 8.62. The highest BCUT2D eigenvalue weighted by Crippen LogP contribution is 2.22. The van der Waals surface area contributed by atoms with Crippen LogP contribution in [0.5, 0.6) is 0 Å². The molecule has 0 saturated heterocycles. The Kier molecular flexibility index (Phi) is 5.77. The van der Waals surface area contributed by atoms with E-state index in [-0.39, 0.29) is 0 Å². The van der Waals surface area contributed by atoms with Crippen molar-refractivity contribution in [2.75, 3.05) is 0 Å². The number of para-hydroxylation sites is 2. The molecule has 5 rings (SSSR count). The minimum Gasteiger partial charge on any atom is -0.334 e. The topological polar surface area (TPSA) is 29.9 Å². The van der Waals surface area contributed by atoms with Crippen LogP contribution in [0.4, 0.5) is 0 Å². The zero-order valence-corrected chi connectivity index (χ0v) is 17.5. The van der Waals surface area contributed by atoms with Gasteiger partial charge in [-0.1, -0.05) is 60.2 Å². The fourth-order valence-corrected chi connectivity index (χ4v) is 4.08. The summed E-state index contributed by atoms with van der Waals surface area (Å²) in [5.41, 5.74) is 9.42. The predicted octanol–water partition coefficient (Wildman–Crippen LogP) is 5.13. The molecule has 0 atom stereocenters. The van der Waals surface area contributed by atoms with E-state index in [4.69, 9.17) is 0 Å². The van der Waals surface area contributed by atoms with Crippen molar-refractivity contribution in [1.82, 2.24) is 14.9 Å². The molecule has 3 heteroatoms. The second-order valence-corrected chi connectivity index (χ2v) is 8.03. The van der Waals surface area contributed by atoms with Gasteiger partial charge in [0.2, 0.25) is 0 Å². The van der Waals surface area contributed by atoms with Crippen molar-refractivity contribution in [3.05, 3.63) is 101 Å². The maximum Gasteiger partial charge on any atom is 0.0955 e. The summed E-state index contributed by atoms with van der Waals surface area (Å²) in [6.07, 6.45) is 4.16. The minimum atomic E-state index is 0.595. The molecule has 29 heavy (non-hydrogen) atoms. The Labute approximate surface area is 173 Å². The molecule has 3 aromatic carbocycles. The Bertz CT molecular complexity index is 1080. The maximum atomic E-state index is 4.18. The summed E-state index contributed by atoms with van der Waals surface area (Å²) in [6, 6.07) is 24.2. The number of rotatable bonds is 3. The number of benzene rings is 3. The van der Waals surface area contributed by atoms with Gasteiger partial charge in [0.05, 0.1) is 17.4 Å². The summed E-state index contributed by atoms with van der Waals surface area (Å²) in [4.78, 5) is 4.18. The number of imidazole rings is 1. The lowest BCUT2D eigenvalue weighted by Gasteiger charge is -2.13. The molecule has 0 aliphatic heterocycles. The van der Waals surface area contributed by atoms with Crippen molar-refractivity contribution in [1.29, 1.82) is 0 Å². The van der Waals surface area contributed by atoms with Crippen LogP contribution in [0, 0.1) is 13.8 Å². The van der Waals surface area contributed by atoms with Crippen molar-refractivity contribution in [2.24, 2.45) is 7.05 Å². The summed E-state index contributed by atoms with van der Waals surface area (Å²) < 4.78 is 2.01. The Morgan fingerprint density at radius 3 is 2.31 bits per heavy atom. The van der Waals surface area contributed by atoms with E-state index in [1.807, 2.05) is 36.1 Å². The molecule has 0 radical (unpaired) electrons. The molecule has 1 aliphatic rings. The van der Waals surface area contributed by atoms with Gasteiger partial charge in [-0.05, 0) is 61.1 Å². The predicted molar refractivity (Wildman–Crippen MR) is 121 cm³/mol. The minimum absolute atomic E-state index is 0.595. The highest BCUT2D eigenvalue weighted by molar-refractivity contribution is 5.74. The van der Waals surface area contributed by atoms with Gasteiger partial charge in [0, 0.05) is 19.6 Å². The van der Waals surface area contributed by atoms with E-state index in [1.54, 1.807) is 0 Å². The van der Waals surface area contributed by atoms with Crippen molar-refractivity contribution in [3.63, 3.8) is 0 Å². The van der Waals surface area contributed by atoms with E-state index >= 15 is 0 Å². The molecule has 1 N–H and O–H groups in total. The van der Waals surface area contributed by atoms with E-state index in [1.165, 1.54) is 46.2 Å². The first-order valence-electron chi connectivity index (χ1n) is 10.3. The molecule has 148 valence electrons. The Morgan fingerprint density at radius 1 is 0.931 bits per heavy atom. The smallest absolute Gasteiger partial charge is 0.0955 e. The SMILES string of the molecule is Cc1ccc(CNC2Cc3ccccc3C2)c(C)c1.Cn1cnc2ccccc21. The molecule has 0 fully saturated rings. The summed E-state index contributed by atoms with van der Waals surface area (Å²) >= 11 is 0. The van der Waals surface area contributed by atoms with Crippen LogP contribution in [0.15, 0.2) is 73.1 Å². The maximum absolute atomic E-state index is 4.18. The van der Waals surface area contributed by atoms with E-state index in [0.717, 1.165) is 12.1 Å². The first kappa shape index (κ1) is 19.4. The molecule has 1 heterocycles. The largest absolute Gasteiger partial charge is 0.334 e. The van der Waals surface area contributed by atoms with Gasteiger partial charge < -0.3 is 9.88 Å². The number of nitrogens with one attached hydrogen (secondary N) is 1. The lowest BCUT2D eigenvalue weighted by molar-refractivity contribution is 0.532. The van der Waals surface area contributed by atoms with Crippen LogP contribution in [0.25, 0.3) is 11.0 Å². The zero-order valence-electron chi connectivity index (χ0n) is 17.5. The van der Waals surface area contributed by atoms with Gasteiger partial charge >= 0.3 is 0 Å². The van der Waals surface area contributed by atoms with Crippen molar-refractivity contribution in [3.8, 4) is 0 Å². The van der Waals surface area contributed by atoms with Crippen LogP contribution >= 0.6 is 0 Å². The standard InChI is InChI=1S/C18H21N.C8H8N2/c1-13-7-8-17(14(2)9-13)12-19-18-10-15-5-3-4-6-16(15)11-18;1-10-6-9-7-4-2-3-5-8(7)10/h3-9,18-19H,10-12H2,1-2H3;2-6H,1H3. The molecule has 4 aromatic rings. The average molecular weight is 384 g/mol. The zero-order chi connectivity index (χ0) is 20.2. The molecule has 0 unspecified atom stereocenters. The van der Waals surface area contributed by atoms with Gasteiger partial charge in [0.1, 0.15) is 0 Å². The number of hydrogen-bond donors (Lipinski definition) is 1. The van der Waals surface area contributed by atoms with Gasteiger partial charge in [-0.3, -0.25) is 0 Å². The first-order valence-corrected chi connectivity index (χ1v) is 10.3. The fraction of sp³-hybridized carbons (Fsp3) is 0.269. The number of nitrogens with zero attached hydrogens (tertiary/aromatic N) is 2. The summed E-state index contributed by atoms with van der Waals surface area (Å²) in [6.45, 7) is 5.33. The van der Waals surface area contributed by atoms with Gasteiger partial charge in [0.25, 0.3) is 0 Å². The quantitative estimate of drug-likeness (QED) is 0.531. The van der Waals surface area contributed by atoms with Crippen LogP contribution in [0.1, 0.15) is 27.8 Å². The van der Waals surface area contributed by atoms with Crippen LogP contribution in [0.2, 0.25) is 0 Å². The molecule has 1 aliphatic carbocycles. The summed E-state index contributed by atoms with van der Waals surface area (Å²) in [5, 5.41) is 3.71. The Morgan fingerprint density at radius 2 is 1.62 bits per heavy atom. The number of fused-ring (bicyclic) bond motifs is 2. The normalized spacial score (nSPS) is 13.2. The molecule has 3 nitrogen and oxygen atoms in total. The number of hydrogen-bond acceptors (Lipinski definition) is 2. The van der Waals surface area contributed by atoms with Crippen LogP contribution in [-0.2, 0) is 26.4 Å². The molecule has 0 amide bonds. The van der Waals surface area contributed by atoms with E-state index in [9.17, 15) is 0 Å². The van der Waals surface area contributed by atoms with E-state index in [0.29, 0.717) is 6.04 Å². The van der Waals surface area contributed by atoms with Gasteiger partial charge in [-0.25, -0.2) is 4.98 Å². The third-order valence-corrected chi connectivity index (χ3v) is 5.76. The van der Waals surface area contributed by atoms with Crippen LogP contribution < -0.4 is 5.32 Å². The fourth-order valence-electron chi connectivity index (χ4n) is 4.08. The molecular formula is C26H29N3. The van der Waals surface area contributed by atoms with E-state index in [2.05, 4.69) is 72.7 Å². The second-order valence-electron chi connectivity index (χ2n) is 8.03. The lowest BCUT2D eigenvalue weighted by atomic mass is 10.1. The molecular weight excluding hydrogens is 354 g/mol. The third-order valence-electron chi connectivity index (χ3n) is 5.76. The van der Waals surface area contributed by atoms with Gasteiger partial charge in [0.15, 0.2) is 0 Å². The summed E-state index contributed by atoms with van der Waals surface area (Å²) in [7, 11) is 2.00.